The summed E-state index contributed by atoms with van der Waals surface area (Å²) in [5.41, 5.74) is 8.47. The summed E-state index contributed by atoms with van der Waals surface area (Å²) in [5.74, 6) is -0.185. The van der Waals surface area contributed by atoms with Crippen molar-refractivity contribution in [2.24, 2.45) is 0 Å². The lowest BCUT2D eigenvalue weighted by molar-refractivity contribution is 0.532. The molecule has 1 unspecified atom stereocenters. The molecule has 3 N–H and O–H groups in total. The van der Waals surface area contributed by atoms with E-state index >= 15 is 4.39 Å². The first-order valence-electron chi connectivity index (χ1n) is 10.3. The zero-order chi connectivity index (χ0) is 23.1. The van der Waals surface area contributed by atoms with Crippen LogP contribution in [0.2, 0.25) is 5.15 Å². The average Bonchev–Trinajstić information content (AvgIpc) is 3.45. The molecule has 5 rings (SSSR count). The van der Waals surface area contributed by atoms with Gasteiger partial charge in [-0.05, 0) is 46.5 Å². The zero-order valence-corrected chi connectivity index (χ0v) is 20.4. The standard InChI is InChI=1S/C22H19BrClFN6OS/c23-16-8-14(9-27-20(16)24)33(32)30-18-6-5-12(7-17(18)25)15-10-31(13-3-1-2-4-13)22-19(15)21(26)28-11-29-22/h5-11,13,30H,1-4H2,(H2,26,28,29). The van der Waals surface area contributed by atoms with Gasteiger partial charge in [0.25, 0.3) is 0 Å². The Hall–Kier alpha value is -2.40. The Labute approximate surface area is 206 Å². The molecule has 0 radical (unpaired) electrons. The molecule has 33 heavy (non-hydrogen) atoms. The van der Waals surface area contributed by atoms with Crippen LogP contribution in [0.1, 0.15) is 31.7 Å². The minimum absolute atomic E-state index is 0.104. The number of hydrogen-bond acceptors (Lipinski definition) is 6. The van der Waals surface area contributed by atoms with Crippen LogP contribution in [-0.2, 0) is 11.4 Å². The first-order chi connectivity index (χ1) is 15.9. The van der Waals surface area contributed by atoms with Gasteiger partial charge in [0.2, 0.25) is 0 Å². The number of nitrogens with zero attached hydrogens (tertiary/aromatic N) is 4. The van der Waals surface area contributed by atoms with Crippen molar-refractivity contribution in [3.05, 3.63) is 58.4 Å². The molecule has 4 aromatic rings. The Kier molecular flexibility index (Phi) is 6.17. The van der Waals surface area contributed by atoms with Gasteiger partial charge in [-0.25, -0.2) is 24.1 Å². The predicted octanol–water partition coefficient (Wildman–Crippen LogP) is 5.88. The highest BCUT2D eigenvalue weighted by atomic mass is 79.9. The highest BCUT2D eigenvalue weighted by molar-refractivity contribution is 9.10. The molecule has 1 aromatic carbocycles. The van der Waals surface area contributed by atoms with Crippen LogP contribution in [0, 0.1) is 5.82 Å². The third kappa shape index (κ3) is 4.28. The van der Waals surface area contributed by atoms with E-state index in [0.29, 0.717) is 32.2 Å². The first kappa shape index (κ1) is 22.4. The van der Waals surface area contributed by atoms with E-state index < -0.39 is 17.2 Å². The van der Waals surface area contributed by atoms with E-state index in [1.54, 1.807) is 18.2 Å². The molecule has 1 aliphatic rings. The second-order valence-electron chi connectivity index (χ2n) is 7.85. The van der Waals surface area contributed by atoms with Crippen molar-refractivity contribution in [2.75, 3.05) is 10.5 Å². The van der Waals surface area contributed by atoms with Gasteiger partial charge in [-0.2, -0.15) is 0 Å². The molecule has 1 saturated carbocycles. The summed E-state index contributed by atoms with van der Waals surface area (Å²) in [6.07, 6.45) is 9.32. The fourth-order valence-electron chi connectivity index (χ4n) is 4.22. The number of pyridine rings is 1. The summed E-state index contributed by atoms with van der Waals surface area (Å²) in [5, 5.41) is 0.969. The average molecular weight is 550 g/mol. The minimum atomic E-state index is -1.72. The maximum absolute atomic E-state index is 15.1. The highest BCUT2D eigenvalue weighted by Gasteiger charge is 2.24. The molecule has 0 bridgehead atoms. The summed E-state index contributed by atoms with van der Waals surface area (Å²) in [6.45, 7) is 0. The van der Waals surface area contributed by atoms with Crippen LogP contribution < -0.4 is 10.5 Å². The van der Waals surface area contributed by atoms with Gasteiger partial charge in [-0.3, -0.25) is 0 Å². The van der Waals surface area contributed by atoms with E-state index in [4.69, 9.17) is 17.3 Å². The van der Waals surface area contributed by atoms with Crippen LogP contribution in [0.15, 0.2) is 52.4 Å². The van der Waals surface area contributed by atoms with Crippen molar-refractivity contribution in [1.29, 1.82) is 0 Å². The Bertz CT molecular complexity index is 1350. The quantitative estimate of drug-likeness (QED) is 0.238. The maximum Gasteiger partial charge on any atom is 0.199 e. The summed E-state index contributed by atoms with van der Waals surface area (Å²) in [6, 6.07) is 6.63. The topological polar surface area (TPSA) is 105 Å². The van der Waals surface area contributed by atoms with Gasteiger partial charge < -0.3 is 14.9 Å². The minimum Gasteiger partial charge on any atom is -0.588 e. The molecule has 0 aliphatic heterocycles. The van der Waals surface area contributed by atoms with Gasteiger partial charge in [0.1, 0.15) is 40.0 Å². The van der Waals surface area contributed by atoms with E-state index in [9.17, 15) is 4.55 Å². The van der Waals surface area contributed by atoms with Crippen molar-refractivity contribution >= 4 is 61.4 Å². The lowest BCUT2D eigenvalue weighted by atomic mass is 10.1. The van der Waals surface area contributed by atoms with Crippen molar-refractivity contribution < 1.29 is 8.94 Å². The van der Waals surface area contributed by atoms with Crippen LogP contribution in [-0.4, -0.2) is 24.1 Å². The largest absolute Gasteiger partial charge is 0.588 e. The molecule has 3 aromatic heterocycles. The third-order valence-corrected chi connectivity index (χ3v) is 8.02. The number of anilines is 2. The molecule has 170 valence electrons. The van der Waals surface area contributed by atoms with E-state index in [1.165, 1.54) is 31.4 Å². The lowest BCUT2D eigenvalue weighted by Crippen LogP contribution is -2.14. The summed E-state index contributed by atoms with van der Waals surface area (Å²) < 4.78 is 33.0. The molecule has 11 heteroatoms. The van der Waals surface area contributed by atoms with Crippen molar-refractivity contribution in [3.63, 3.8) is 0 Å². The number of nitrogen functional groups attached to an aromatic ring is 1. The van der Waals surface area contributed by atoms with Gasteiger partial charge in [0.15, 0.2) is 10.7 Å². The molecule has 1 fully saturated rings. The molecule has 3 heterocycles. The Morgan fingerprint density at radius 2 is 2.00 bits per heavy atom. The first-order valence-corrected chi connectivity index (χ1v) is 12.6. The van der Waals surface area contributed by atoms with Crippen LogP contribution in [0.4, 0.5) is 15.9 Å². The number of aromatic nitrogens is 4. The maximum atomic E-state index is 15.1. The smallest absolute Gasteiger partial charge is 0.199 e. The molecular formula is C22H19BrClFN6OS. The van der Waals surface area contributed by atoms with Gasteiger partial charge in [-0.15, -0.1) is 0 Å². The second-order valence-corrected chi connectivity index (χ2v) is 10.3. The van der Waals surface area contributed by atoms with Gasteiger partial charge >= 0.3 is 0 Å². The van der Waals surface area contributed by atoms with E-state index in [1.807, 2.05) is 6.20 Å². The van der Waals surface area contributed by atoms with E-state index in [-0.39, 0.29) is 10.8 Å². The Morgan fingerprint density at radius 1 is 1.21 bits per heavy atom. The number of nitrogens with two attached hydrogens (primary N) is 1. The number of fused-ring (bicyclic) bond motifs is 1. The van der Waals surface area contributed by atoms with Crippen molar-refractivity contribution in [1.82, 2.24) is 19.5 Å². The molecule has 0 amide bonds. The van der Waals surface area contributed by atoms with Gasteiger partial charge in [0, 0.05) is 23.9 Å². The number of rotatable bonds is 5. The molecule has 1 aliphatic carbocycles. The fraction of sp³-hybridized carbons (Fsp3) is 0.227. The van der Waals surface area contributed by atoms with Gasteiger partial charge in [0.05, 0.1) is 16.1 Å². The fourth-order valence-corrected chi connectivity index (χ4v) is 5.68. The van der Waals surface area contributed by atoms with Gasteiger partial charge in [-0.1, -0.05) is 30.5 Å². The second kappa shape index (κ2) is 9.09. The summed E-state index contributed by atoms with van der Waals surface area (Å²) >= 11 is 7.41. The van der Waals surface area contributed by atoms with Crippen molar-refractivity contribution in [2.45, 2.75) is 36.6 Å². The zero-order valence-electron chi connectivity index (χ0n) is 17.3. The monoisotopic (exact) mass is 548 g/mol. The molecular weight excluding hydrogens is 531 g/mol. The number of halogens is 3. The SMILES string of the molecule is Nc1ncnc2c1c(-c1ccc(N[S+]([O-])c3cnc(Cl)c(Br)c3)c(F)c1)cn2C1CCCC1. The number of hydrogen-bond donors (Lipinski definition) is 2. The predicted molar refractivity (Wildman–Crippen MR) is 132 cm³/mol. The summed E-state index contributed by atoms with van der Waals surface area (Å²) in [7, 11) is 0. The Morgan fingerprint density at radius 3 is 2.73 bits per heavy atom. The molecule has 0 saturated heterocycles. The molecule has 1 atom stereocenters. The van der Waals surface area contributed by atoms with E-state index in [2.05, 4.69) is 40.2 Å². The van der Waals surface area contributed by atoms with Crippen LogP contribution in [0.5, 0.6) is 0 Å². The number of nitrogens with one attached hydrogen (secondary N) is 1. The van der Waals surface area contributed by atoms with Crippen LogP contribution in [0.25, 0.3) is 22.2 Å². The van der Waals surface area contributed by atoms with Crippen LogP contribution in [0.3, 0.4) is 0 Å². The highest BCUT2D eigenvalue weighted by Crippen LogP contribution is 2.39. The molecule has 0 spiro atoms. The lowest BCUT2D eigenvalue weighted by Gasteiger charge is -2.13. The normalized spacial score (nSPS) is 15.3. The van der Waals surface area contributed by atoms with E-state index in [0.717, 1.165) is 24.1 Å². The van der Waals surface area contributed by atoms with Crippen molar-refractivity contribution in [3.8, 4) is 11.1 Å². The third-order valence-electron chi connectivity index (χ3n) is 5.82. The number of benzene rings is 1. The van der Waals surface area contributed by atoms with Crippen LogP contribution >= 0.6 is 27.5 Å². The summed E-state index contributed by atoms with van der Waals surface area (Å²) in [4.78, 5) is 12.9. The Balaban J connectivity index is 1.49. The molecule has 7 nitrogen and oxygen atoms in total.